The largest absolute Gasteiger partial charge is 0.368 e. The van der Waals surface area contributed by atoms with Crippen LogP contribution >= 0.6 is 11.3 Å². The molecule has 2 heterocycles. The first-order valence-electron chi connectivity index (χ1n) is 3.26. The molecule has 1 radical (unpaired) electrons. The summed E-state index contributed by atoms with van der Waals surface area (Å²) in [4.78, 5) is 12.5. The first kappa shape index (κ1) is 7.17. The lowest BCUT2D eigenvalue weighted by atomic mass is 10.4. The van der Waals surface area contributed by atoms with E-state index < -0.39 is 0 Å². The molecule has 59 valence electrons. The van der Waals surface area contributed by atoms with Crippen LogP contribution in [0.2, 0.25) is 0 Å². The van der Waals surface area contributed by atoms with Crippen LogP contribution in [0.25, 0.3) is 10.6 Å². The molecule has 0 aliphatic carbocycles. The summed E-state index contributed by atoms with van der Waals surface area (Å²) >= 11 is 1.47. The Morgan fingerprint density at radius 3 is 3.08 bits per heavy atom. The summed E-state index contributed by atoms with van der Waals surface area (Å²) in [7, 11) is 0. The second-order valence-electron chi connectivity index (χ2n) is 2.09. The zero-order valence-electron chi connectivity index (χ0n) is 6.06. The number of aromatic nitrogens is 3. The second kappa shape index (κ2) is 2.86. The molecule has 0 saturated carbocycles. The highest BCUT2D eigenvalue weighted by Gasteiger charge is 2.01. The van der Waals surface area contributed by atoms with Gasteiger partial charge < -0.3 is 5.73 Å². The van der Waals surface area contributed by atoms with Crippen LogP contribution in [0, 0.1) is 6.20 Å². The van der Waals surface area contributed by atoms with Crippen molar-refractivity contribution in [3.05, 3.63) is 24.0 Å². The number of anilines is 1. The lowest BCUT2D eigenvalue weighted by molar-refractivity contribution is 1.19. The van der Waals surface area contributed by atoms with Gasteiger partial charge in [0.1, 0.15) is 6.20 Å². The van der Waals surface area contributed by atoms with E-state index in [1.807, 2.05) is 0 Å². The molecule has 0 atom stereocenters. The summed E-state index contributed by atoms with van der Waals surface area (Å²) in [6.07, 6.45) is 4.42. The van der Waals surface area contributed by atoms with Crippen LogP contribution in [0.15, 0.2) is 17.8 Å². The fourth-order valence-corrected chi connectivity index (χ4v) is 1.36. The van der Waals surface area contributed by atoms with Crippen LogP contribution in [0.3, 0.4) is 0 Å². The van der Waals surface area contributed by atoms with Crippen LogP contribution in [-0.4, -0.2) is 15.0 Å². The van der Waals surface area contributed by atoms with Gasteiger partial charge in [0.15, 0.2) is 0 Å². The van der Waals surface area contributed by atoms with Crippen molar-refractivity contribution in [2.24, 2.45) is 0 Å². The van der Waals surface area contributed by atoms with Crippen LogP contribution in [0.4, 0.5) is 5.95 Å². The maximum absolute atomic E-state index is 5.41. The lowest BCUT2D eigenvalue weighted by Crippen LogP contribution is -1.94. The van der Waals surface area contributed by atoms with E-state index in [1.54, 1.807) is 17.8 Å². The molecule has 4 nitrogen and oxygen atoms in total. The van der Waals surface area contributed by atoms with Crippen LogP contribution in [0.1, 0.15) is 0 Å². The Bertz CT molecular complexity index is 371. The Balaban J connectivity index is 2.48. The molecule has 0 spiro atoms. The number of thiazole rings is 1. The number of hydrogen-bond acceptors (Lipinski definition) is 5. The van der Waals surface area contributed by atoms with Crippen molar-refractivity contribution in [3.8, 4) is 10.6 Å². The molecule has 0 bridgehead atoms. The third-order valence-corrected chi connectivity index (χ3v) is 2.04. The molecule has 0 amide bonds. The standard InChI is InChI=1S/C7H5N4S/c8-7-10-2-1-5(11-7)6-3-9-4-12-6/h1-2,4H,(H2,8,10,11). The first-order valence-corrected chi connectivity index (χ1v) is 4.14. The minimum absolute atomic E-state index is 0.273. The van der Waals surface area contributed by atoms with Crippen molar-refractivity contribution in [1.29, 1.82) is 0 Å². The second-order valence-corrected chi connectivity index (χ2v) is 2.95. The topological polar surface area (TPSA) is 64.7 Å². The summed E-state index contributed by atoms with van der Waals surface area (Å²) in [5.41, 5.74) is 7.88. The molecule has 2 N–H and O–H groups in total. The average molecular weight is 177 g/mol. The Morgan fingerprint density at radius 2 is 2.42 bits per heavy atom. The number of nitrogens with two attached hydrogens (primary N) is 1. The number of nitrogen functional groups attached to an aromatic ring is 1. The number of rotatable bonds is 1. The van der Waals surface area contributed by atoms with Gasteiger partial charge >= 0.3 is 0 Å². The highest BCUT2D eigenvalue weighted by atomic mass is 32.1. The Labute approximate surface area is 73.1 Å². The lowest BCUT2D eigenvalue weighted by Gasteiger charge is -1.94. The summed E-state index contributed by atoms with van der Waals surface area (Å²) in [5, 5.41) is 0. The van der Waals surface area contributed by atoms with Crippen LogP contribution < -0.4 is 5.73 Å². The third kappa shape index (κ3) is 1.26. The molecule has 5 heteroatoms. The van der Waals surface area contributed by atoms with E-state index in [1.165, 1.54) is 11.3 Å². The van der Waals surface area contributed by atoms with Gasteiger partial charge in [0.25, 0.3) is 0 Å². The zero-order valence-corrected chi connectivity index (χ0v) is 6.88. The van der Waals surface area contributed by atoms with E-state index in [2.05, 4.69) is 21.1 Å². The highest BCUT2D eigenvalue weighted by Crippen LogP contribution is 2.19. The average Bonchev–Trinajstić information content (AvgIpc) is 2.56. The SMILES string of the molecule is Nc1nccc(-c2[c]ncs2)n1. The van der Waals surface area contributed by atoms with E-state index >= 15 is 0 Å². The van der Waals surface area contributed by atoms with Gasteiger partial charge in [-0.05, 0) is 6.07 Å². The molecule has 0 unspecified atom stereocenters. The molecule has 0 aliphatic heterocycles. The van der Waals surface area contributed by atoms with Gasteiger partial charge in [-0.3, -0.25) is 0 Å². The highest BCUT2D eigenvalue weighted by molar-refractivity contribution is 7.13. The molecule has 2 rings (SSSR count). The van der Waals surface area contributed by atoms with Crippen LogP contribution in [-0.2, 0) is 0 Å². The Morgan fingerprint density at radius 1 is 1.50 bits per heavy atom. The molecule has 0 saturated heterocycles. The molecule has 2 aromatic heterocycles. The van der Waals surface area contributed by atoms with Gasteiger partial charge in [-0.15, -0.1) is 11.3 Å². The van der Waals surface area contributed by atoms with E-state index in [4.69, 9.17) is 5.73 Å². The maximum atomic E-state index is 5.41. The smallest absolute Gasteiger partial charge is 0.220 e. The summed E-state index contributed by atoms with van der Waals surface area (Å²) in [6, 6.07) is 1.78. The normalized spacial score (nSPS) is 10.0. The van der Waals surface area contributed by atoms with E-state index in [0.717, 1.165) is 10.6 Å². The quantitative estimate of drug-likeness (QED) is 0.705. The molecular weight excluding hydrogens is 172 g/mol. The Kier molecular flexibility index (Phi) is 1.71. The van der Waals surface area contributed by atoms with Crippen molar-refractivity contribution >= 4 is 17.3 Å². The molecule has 12 heavy (non-hydrogen) atoms. The molecule has 0 fully saturated rings. The van der Waals surface area contributed by atoms with Crippen LogP contribution in [0.5, 0.6) is 0 Å². The predicted molar refractivity (Wildman–Crippen MR) is 46.4 cm³/mol. The van der Waals surface area contributed by atoms with Crippen molar-refractivity contribution in [3.63, 3.8) is 0 Å². The molecule has 0 aromatic carbocycles. The predicted octanol–water partition coefficient (Wildman–Crippen LogP) is 0.982. The van der Waals surface area contributed by atoms with Crippen molar-refractivity contribution in [1.82, 2.24) is 15.0 Å². The molecular formula is C7H5N4S. The monoisotopic (exact) mass is 177 g/mol. The number of hydrogen-bond donors (Lipinski definition) is 1. The molecule has 0 aliphatic rings. The summed E-state index contributed by atoms with van der Waals surface area (Å²) < 4.78 is 0. The van der Waals surface area contributed by atoms with Gasteiger partial charge in [0, 0.05) is 6.20 Å². The molecule has 2 aromatic rings. The fraction of sp³-hybridized carbons (Fsp3) is 0. The van der Waals surface area contributed by atoms with Crippen molar-refractivity contribution in [2.75, 3.05) is 5.73 Å². The minimum atomic E-state index is 0.273. The van der Waals surface area contributed by atoms with E-state index in [9.17, 15) is 0 Å². The summed E-state index contributed by atoms with van der Waals surface area (Å²) in [6.45, 7) is 0. The zero-order chi connectivity index (χ0) is 8.39. The Hall–Kier alpha value is -1.49. The summed E-state index contributed by atoms with van der Waals surface area (Å²) in [5.74, 6) is 0.273. The number of nitrogens with zero attached hydrogens (tertiary/aromatic N) is 3. The van der Waals surface area contributed by atoms with Gasteiger partial charge in [0.05, 0.1) is 16.1 Å². The first-order chi connectivity index (χ1) is 5.86. The van der Waals surface area contributed by atoms with Gasteiger partial charge in [-0.2, -0.15) is 0 Å². The van der Waals surface area contributed by atoms with E-state index in [0.29, 0.717) is 0 Å². The third-order valence-electron chi connectivity index (χ3n) is 1.30. The van der Waals surface area contributed by atoms with Gasteiger partial charge in [-0.25, -0.2) is 15.0 Å². The van der Waals surface area contributed by atoms with Crippen molar-refractivity contribution in [2.45, 2.75) is 0 Å². The minimum Gasteiger partial charge on any atom is -0.368 e. The fourth-order valence-electron chi connectivity index (χ4n) is 0.808. The van der Waals surface area contributed by atoms with Gasteiger partial charge in [0.2, 0.25) is 5.95 Å². The van der Waals surface area contributed by atoms with E-state index in [-0.39, 0.29) is 5.95 Å². The van der Waals surface area contributed by atoms with Crippen molar-refractivity contribution < 1.29 is 0 Å². The van der Waals surface area contributed by atoms with Gasteiger partial charge in [-0.1, -0.05) is 0 Å². The maximum Gasteiger partial charge on any atom is 0.220 e.